The highest BCUT2D eigenvalue weighted by Crippen LogP contribution is 2.26. The lowest BCUT2D eigenvalue weighted by Crippen LogP contribution is -2.53. The van der Waals surface area contributed by atoms with Crippen LogP contribution < -0.4 is 10.2 Å². The summed E-state index contributed by atoms with van der Waals surface area (Å²) in [5.41, 5.74) is 6.09. The van der Waals surface area contributed by atoms with Crippen molar-refractivity contribution in [3.8, 4) is 0 Å². The molecule has 0 saturated carbocycles. The zero-order valence-corrected chi connectivity index (χ0v) is 18.5. The summed E-state index contributed by atoms with van der Waals surface area (Å²) < 4.78 is 0. The second-order valence-corrected chi connectivity index (χ2v) is 8.34. The number of nitrogens with one attached hydrogen (secondary N) is 1. The van der Waals surface area contributed by atoms with E-state index in [2.05, 4.69) is 54.2 Å². The minimum absolute atomic E-state index is 0.0188. The summed E-state index contributed by atoms with van der Waals surface area (Å²) in [4.78, 5) is 26.0. The summed E-state index contributed by atoms with van der Waals surface area (Å²) in [5.74, 6) is 1.81. The van der Waals surface area contributed by atoms with Crippen molar-refractivity contribution in [3.63, 3.8) is 0 Å². The van der Waals surface area contributed by atoms with E-state index in [1.54, 1.807) is 0 Å². The average molecular weight is 396 g/mol. The molecule has 0 radical (unpaired) electrons. The molecule has 1 aromatic heterocycles. The fourth-order valence-electron chi connectivity index (χ4n) is 3.83. The Hall–Kier alpha value is -2.63. The molecule has 0 atom stereocenters. The van der Waals surface area contributed by atoms with Gasteiger partial charge in [0.05, 0.1) is 0 Å². The number of piperazine rings is 1. The van der Waals surface area contributed by atoms with Gasteiger partial charge in [-0.2, -0.15) is 0 Å². The molecule has 1 aliphatic rings. The van der Waals surface area contributed by atoms with Gasteiger partial charge < -0.3 is 15.1 Å². The Kier molecular flexibility index (Phi) is 6.40. The van der Waals surface area contributed by atoms with Crippen molar-refractivity contribution in [2.75, 3.05) is 31.1 Å². The van der Waals surface area contributed by atoms with Gasteiger partial charge in [-0.1, -0.05) is 23.8 Å². The molecule has 29 heavy (non-hydrogen) atoms. The van der Waals surface area contributed by atoms with Crippen LogP contribution in [0, 0.1) is 27.7 Å². The van der Waals surface area contributed by atoms with Crippen LogP contribution in [0.25, 0.3) is 0 Å². The minimum atomic E-state index is 0.0188. The maximum Gasteiger partial charge on any atom is 0.317 e. The van der Waals surface area contributed by atoms with Crippen molar-refractivity contribution < 1.29 is 4.79 Å². The van der Waals surface area contributed by atoms with Crippen LogP contribution in [0.2, 0.25) is 0 Å². The number of amides is 2. The molecule has 3 rings (SSSR count). The fraction of sp³-hybridized carbons (Fsp3) is 0.522. The molecule has 156 valence electrons. The third-order valence-corrected chi connectivity index (χ3v) is 5.45. The Morgan fingerprint density at radius 2 is 1.76 bits per heavy atom. The summed E-state index contributed by atoms with van der Waals surface area (Å²) in [6.07, 6.45) is 0.822. The van der Waals surface area contributed by atoms with Gasteiger partial charge in [0.1, 0.15) is 11.6 Å². The Balaban J connectivity index is 1.83. The summed E-state index contributed by atoms with van der Waals surface area (Å²) in [6.45, 7) is 15.2. The number of anilines is 1. The SMILES string of the molecule is Cc1ccc(C)c(Cc2c(C)nc(C)nc2N2CCN(C(=O)NC(C)C)CC2)c1. The molecule has 1 N–H and O–H groups in total. The molecule has 6 nitrogen and oxygen atoms in total. The van der Waals surface area contributed by atoms with Crippen LogP contribution in [0.4, 0.5) is 10.6 Å². The zero-order chi connectivity index (χ0) is 21.1. The normalized spacial score (nSPS) is 14.4. The van der Waals surface area contributed by atoms with E-state index in [0.717, 1.165) is 36.8 Å². The monoisotopic (exact) mass is 395 g/mol. The Morgan fingerprint density at radius 3 is 2.41 bits per heavy atom. The predicted molar refractivity (Wildman–Crippen MR) is 118 cm³/mol. The molecule has 0 aliphatic carbocycles. The van der Waals surface area contributed by atoms with E-state index >= 15 is 0 Å². The first-order valence-corrected chi connectivity index (χ1v) is 10.4. The van der Waals surface area contributed by atoms with Gasteiger partial charge in [0.15, 0.2) is 0 Å². The third kappa shape index (κ3) is 5.05. The average Bonchev–Trinajstić information content (AvgIpc) is 2.66. The van der Waals surface area contributed by atoms with Gasteiger partial charge in [0.25, 0.3) is 0 Å². The van der Waals surface area contributed by atoms with E-state index in [1.807, 2.05) is 25.7 Å². The standard InChI is InChI=1S/C23H33N5O/c1-15(2)24-23(29)28-11-9-27(10-12-28)22-21(18(5)25-19(6)26-22)14-20-13-16(3)7-8-17(20)4/h7-8,13,15H,9-12,14H2,1-6H3,(H,24,29). The van der Waals surface area contributed by atoms with E-state index in [4.69, 9.17) is 4.98 Å². The number of hydrogen-bond donors (Lipinski definition) is 1. The van der Waals surface area contributed by atoms with Gasteiger partial charge in [-0.25, -0.2) is 14.8 Å². The lowest BCUT2D eigenvalue weighted by molar-refractivity contribution is 0.191. The molecule has 1 fully saturated rings. The van der Waals surface area contributed by atoms with Crippen LogP contribution >= 0.6 is 0 Å². The van der Waals surface area contributed by atoms with Crippen molar-refractivity contribution in [3.05, 3.63) is 52.0 Å². The van der Waals surface area contributed by atoms with E-state index in [0.29, 0.717) is 13.1 Å². The summed E-state index contributed by atoms with van der Waals surface area (Å²) >= 11 is 0. The minimum Gasteiger partial charge on any atom is -0.353 e. The molecule has 0 spiro atoms. The van der Waals surface area contributed by atoms with Crippen molar-refractivity contribution >= 4 is 11.8 Å². The molecular formula is C23H33N5O. The fourth-order valence-corrected chi connectivity index (χ4v) is 3.83. The number of aryl methyl sites for hydroxylation is 4. The lowest BCUT2D eigenvalue weighted by atomic mass is 9.97. The highest BCUT2D eigenvalue weighted by molar-refractivity contribution is 5.74. The molecule has 0 unspecified atom stereocenters. The van der Waals surface area contributed by atoms with Crippen molar-refractivity contribution in [1.29, 1.82) is 0 Å². The van der Waals surface area contributed by atoms with Gasteiger partial charge in [-0.3, -0.25) is 0 Å². The number of carbonyl (C=O) groups is 1. The van der Waals surface area contributed by atoms with Crippen LogP contribution in [0.1, 0.15) is 47.6 Å². The number of benzene rings is 1. The Morgan fingerprint density at radius 1 is 1.07 bits per heavy atom. The molecule has 1 aromatic carbocycles. The van der Waals surface area contributed by atoms with Crippen LogP contribution in [0.5, 0.6) is 0 Å². The zero-order valence-electron chi connectivity index (χ0n) is 18.5. The predicted octanol–water partition coefficient (Wildman–Crippen LogP) is 3.54. The quantitative estimate of drug-likeness (QED) is 0.860. The van der Waals surface area contributed by atoms with Gasteiger partial charge in [0, 0.05) is 49.9 Å². The van der Waals surface area contributed by atoms with E-state index < -0.39 is 0 Å². The molecule has 2 heterocycles. The second-order valence-electron chi connectivity index (χ2n) is 8.34. The Bertz CT molecular complexity index is 885. The third-order valence-electron chi connectivity index (χ3n) is 5.45. The number of urea groups is 1. The van der Waals surface area contributed by atoms with Gasteiger partial charge >= 0.3 is 6.03 Å². The van der Waals surface area contributed by atoms with Gasteiger partial charge in [0.2, 0.25) is 0 Å². The van der Waals surface area contributed by atoms with E-state index in [9.17, 15) is 4.79 Å². The molecular weight excluding hydrogens is 362 g/mol. The number of rotatable bonds is 4. The number of nitrogens with zero attached hydrogens (tertiary/aromatic N) is 4. The lowest BCUT2D eigenvalue weighted by Gasteiger charge is -2.36. The molecule has 1 aliphatic heterocycles. The number of hydrogen-bond acceptors (Lipinski definition) is 4. The smallest absolute Gasteiger partial charge is 0.317 e. The van der Waals surface area contributed by atoms with Crippen LogP contribution in [0.15, 0.2) is 18.2 Å². The summed E-state index contributed by atoms with van der Waals surface area (Å²) in [6, 6.07) is 6.76. The van der Waals surface area contributed by atoms with Crippen LogP contribution in [-0.4, -0.2) is 53.1 Å². The van der Waals surface area contributed by atoms with Crippen molar-refractivity contribution in [2.24, 2.45) is 0 Å². The first kappa shape index (κ1) is 21.1. The number of aromatic nitrogens is 2. The van der Waals surface area contributed by atoms with Gasteiger partial charge in [-0.05, 0) is 52.7 Å². The van der Waals surface area contributed by atoms with Crippen molar-refractivity contribution in [1.82, 2.24) is 20.2 Å². The highest BCUT2D eigenvalue weighted by atomic mass is 16.2. The highest BCUT2D eigenvalue weighted by Gasteiger charge is 2.25. The number of carbonyl (C=O) groups excluding carboxylic acids is 1. The van der Waals surface area contributed by atoms with Crippen molar-refractivity contribution in [2.45, 2.75) is 54.0 Å². The Labute approximate surface area is 174 Å². The molecule has 6 heteroatoms. The second kappa shape index (κ2) is 8.80. The first-order valence-electron chi connectivity index (χ1n) is 10.4. The topological polar surface area (TPSA) is 61.4 Å². The first-order chi connectivity index (χ1) is 13.7. The van der Waals surface area contributed by atoms with Crippen LogP contribution in [0.3, 0.4) is 0 Å². The molecule has 2 amide bonds. The molecule has 2 aromatic rings. The molecule has 1 saturated heterocycles. The van der Waals surface area contributed by atoms with Crippen LogP contribution in [-0.2, 0) is 6.42 Å². The van der Waals surface area contributed by atoms with E-state index in [1.165, 1.54) is 22.3 Å². The van der Waals surface area contributed by atoms with Gasteiger partial charge in [-0.15, -0.1) is 0 Å². The largest absolute Gasteiger partial charge is 0.353 e. The summed E-state index contributed by atoms with van der Waals surface area (Å²) in [7, 11) is 0. The maximum absolute atomic E-state index is 12.3. The summed E-state index contributed by atoms with van der Waals surface area (Å²) in [5, 5.41) is 2.98. The maximum atomic E-state index is 12.3. The van der Waals surface area contributed by atoms with E-state index in [-0.39, 0.29) is 12.1 Å². The molecule has 0 bridgehead atoms.